The second kappa shape index (κ2) is 7.19. The Balaban J connectivity index is 2.15. The van der Waals surface area contributed by atoms with E-state index in [1.807, 2.05) is 30.5 Å². The number of aryl methyl sites for hydroxylation is 1. The summed E-state index contributed by atoms with van der Waals surface area (Å²) in [7, 11) is 0. The van der Waals surface area contributed by atoms with Crippen LogP contribution in [0.15, 0.2) is 35.7 Å². The van der Waals surface area contributed by atoms with Gasteiger partial charge in [0.15, 0.2) is 0 Å². The molecule has 0 fully saturated rings. The summed E-state index contributed by atoms with van der Waals surface area (Å²) in [5, 5.41) is 4.79. The van der Waals surface area contributed by atoms with Crippen molar-refractivity contribution < 1.29 is 9.53 Å². The number of thiocarbonyl (C=S) groups is 1. The number of hydrogen-bond acceptors (Lipinski definition) is 4. The fourth-order valence-corrected chi connectivity index (χ4v) is 2.79. The van der Waals surface area contributed by atoms with Gasteiger partial charge in [-0.3, -0.25) is 4.79 Å². The van der Waals surface area contributed by atoms with Crippen molar-refractivity contribution in [3.05, 3.63) is 46.2 Å². The Morgan fingerprint density at radius 2 is 2.14 bits per heavy atom. The Bertz CT molecular complexity index is 653. The smallest absolute Gasteiger partial charge is 0.266 e. The first-order valence-corrected chi connectivity index (χ1v) is 7.78. The number of carbonyl (C=O) groups is 1. The predicted molar refractivity (Wildman–Crippen MR) is 90.4 cm³/mol. The first-order chi connectivity index (χ1) is 10.1. The molecule has 0 saturated carbocycles. The van der Waals surface area contributed by atoms with Crippen molar-refractivity contribution in [1.29, 1.82) is 0 Å². The molecular formula is C15H16N2O2S2. The first-order valence-electron chi connectivity index (χ1n) is 6.49. The number of benzene rings is 1. The minimum Gasteiger partial charge on any atom is -0.484 e. The summed E-state index contributed by atoms with van der Waals surface area (Å²) in [5.41, 5.74) is 7.07. The predicted octanol–water partition coefficient (Wildman–Crippen LogP) is 3.23. The summed E-state index contributed by atoms with van der Waals surface area (Å²) in [6.45, 7) is 2.17. The van der Waals surface area contributed by atoms with Crippen molar-refractivity contribution >= 4 is 40.1 Å². The molecule has 0 aliphatic heterocycles. The van der Waals surface area contributed by atoms with Crippen molar-refractivity contribution in [3.63, 3.8) is 0 Å². The minimum atomic E-state index is -0.131. The Morgan fingerprint density at radius 3 is 2.86 bits per heavy atom. The molecule has 0 saturated heterocycles. The Hall–Kier alpha value is -1.92. The number of ether oxygens (including phenoxy) is 1. The molecule has 0 unspecified atom stereocenters. The number of hydrogen-bond donors (Lipinski definition) is 2. The second-order valence-corrected chi connectivity index (χ2v) is 5.77. The Kier molecular flexibility index (Phi) is 5.30. The maximum atomic E-state index is 12.3. The molecule has 0 atom stereocenters. The number of carbonyl (C=O) groups excluding carboxylic acids is 1. The molecule has 6 heteroatoms. The van der Waals surface area contributed by atoms with E-state index < -0.39 is 0 Å². The number of thiophene rings is 1. The first kappa shape index (κ1) is 15.5. The SMILES string of the molecule is CCc1ccsc1C(=O)Nc1ccccc1OCC(N)=S. The van der Waals surface area contributed by atoms with Crippen LogP contribution in [0.3, 0.4) is 0 Å². The number of anilines is 1. The zero-order valence-corrected chi connectivity index (χ0v) is 13.2. The van der Waals surface area contributed by atoms with Crippen molar-refractivity contribution in [2.45, 2.75) is 13.3 Å². The van der Waals surface area contributed by atoms with Gasteiger partial charge in [0, 0.05) is 0 Å². The normalized spacial score (nSPS) is 10.1. The third-order valence-electron chi connectivity index (χ3n) is 2.84. The van der Waals surface area contributed by atoms with E-state index in [9.17, 15) is 4.79 Å². The molecule has 110 valence electrons. The van der Waals surface area contributed by atoms with Crippen LogP contribution in [0.4, 0.5) is 5.69 Å². The quantitative estimate of drug-likeness (QED) is 0.802. The fourth-order valence-electron chi connectivity index (χ4n) is 1.84. The molecule has 0 radical (unpaired) electrons. The lowest BCUT2D eigenvalue weighted by Crippen LogP contribution is -2.19. The molecule has 1 aromatic carbocycles. The number of para-hydroxylation sites is 2. The molecule has 4 nitrogen and oxygen atoms in total. The number of nitrogens with two attached hydrogens (primary N) is 1. The van der Waals surface area contributed by atoms with E-state index in [0.29, 0.717) is 11.4 Å². The highest BCUT2D eigenvalue weighted by atomic mass is 32.1. The summed E-state index contributed by atoms with van der Waals surface area (Å²) in [6, 6.07) is 9.18. The molecule has 0 aliphatic carbocycles. The summed E-state index contributed by atoms with van der Waals surface area (Å²) in [6.07, 6.45) is 0.825. The monoisotopic (exact) mass is 320 g/mol. The Morgan fingerprint density at radius 1 is 1.38 bits per heavy atom. The fraction of sp³-hybridized carbons (Fsp3) is 0.200. The van der Waals surface area contributed by atoms with E-state index in [1.165, 1.54) is 11.3 Å². The standard InChI is InChI=1S/C15H16N2O2S2/c1-2-10-7-8-21-14(10)15(18)17-11-5-3-4-6-12(11)19-9-13(16)20/h3-8H,2,9H2,1H3,(H2,16,20)(H,17,18). The summed E-state index contributed by atoms with van der Waals surface area (Å²) in [4.78, 5) is 13.3. The molecule has 1 aromatic heterocycles. The van der Waals surface area contributed by atoms with E-state index >= 15 is 0 Å². The van der Waals surface area contributed by atoms with Gasteiger partial charge in [-0.2, -0.15) is 0 Å². The van der Waals surface area contributed by atoms with E-state index in [-0.39, 0.29) is 17.5 Å². The molecule has 1 amide bonds. The van der Waals surface area contributed by atoms with Crippen molar-refractivity contribution in [2.24, 2.45) is 5.73 Å². The van der Waals surface area contributed by atoms with Crippen LogP contribution < -0.4 is 15.8 Å². The van der Waals surface area contributed by atoms with Crippen molar-refractivity contribution in [3.8, 4) is 5.75 Å². The van der Waals surface area contributed by atoms with Gasteiger partial charge in [-0.15, -0.1) is 11.3 Å². The van der Waals surface area contributed by atoms with Crippen LogP contribution in [0.1, 0.15) is 22.2 Å². The molecule has 0 aliphatic rings. The van der Waals surface area contributed by atoms with Crippen LogP contribution in [0.5, 0.6) is 5.75 Å². The van der Waals surface area contributed by atoms with Gasteiger partial charge in [0.1, 0.15) is 17.3 Å². The zero-order chi connectivity index (χ0) is 15.2. The molecule has 2 rings (SSSR count). The average molecular weight is 320 g/mol. The van der Waals surface area contributed by atoms with Crippen molar-refractivity contribution in [2.75, 3.05) is 11.9 Å². The maximum Gasteiger partial charge on any atom is 0.266 e. The highest BCUT2D eigenvalue weighted by Crippen LogP contribution is 2.26. The largest absolute Gasteiger partial charge is 0.484 e. The van der Waals surface area contributed by atoms with E-state index in [2.05, 4.69) is 5.32 Å². The van der Waals surface area contributed by atoms with Crippen LogP contribution in [0, 0.1) is 0 Å². The van der Waals surface area contributed by atoms with Gasteiger partial charge in [0.2, 0.25) is 0 Å². The van der Waals surface area contributed by atoms with Gasteiger partial charge in [-0.1, -0.05) is 31.3 Å². The molecule has 1 heterocycles. The van der Waals surface area contributed by atoms with Gasteiger partial charge in [0.25, 0.3) is 5.91 Å². The summed E-state index contributed by atoms with van der Waals surface area (Å²) >= 11 is 6.22. The van der Waals surface area contributed by atoms with Gasteiger partial charge in [-0.25, -0.2) is 0 Å². The van der Waals surface area contributed by atoms with Gasteiger partial charge >= 0.3 is 0 Å². The topological polar surface area (TPSA) is 64.3 Å². The molecule has 0 bridgehead atoms. The van der Waals surface area contributed by atoms with Crippen LogP contribution in [0.2, 0.25) is 0 Å². The average Bonchev–Trinajstić information content (AvgIpc) is 2.94. The molecular weight excluding hydrogens is 304 g/mol. The lowest BCUT2D eigenvalue weighted by Gasteiger charge is -2.12. The van der Waals surface area contributed by atoms with Crippen LogP contribution in [0.25, 0.3) is 0 Å². The highest BCUT2D eigenvalue weighted by Gasteiger charge is 2.14. The third kappa shape index (κ3) is 4.03. The third-order valence-corrected chi connectivity index (χ3v) is 3.91. The number of nitrogens with one attached hydrogen (secondary N) is 1. The minimum absolute atomic E-state index is 0.131. The lowest BCUT2D eigenvalue weighted by molar-refractivity contribution is 0.102. The van der Waals surface area contributed by atoms with Crippen LogP contribution >= 0.6 is 23.6 Å². The van der Waals surface area contributed by atoms with E-state index in [1.54, 1.807) is 12.1 Å². The van der Waals surface area contributed by atoms with Crippen LogP contribution in [-0.4, -0.2) is 17.5 Å². The Labute approximate surface area is 132 Å². The zero-order valence-electron chi connectivity index (χ0n) is 11.6. The van der Waals surface area contributed by atoms with E-state index in [4.69, 9.17) is 22.7 Å². The maximum absolute atomic E-state index is 12.3. The highest BCUT2D eigenvalue weighted by molar-refractivity contribution is 7.80. The number of rotatable bonds is 6. The van der Waals surface area contributed by atoms with Gasteiger partial charge < -0.3 is 15.8 Å². The summed E-state index contributed by atoms with van der Waals surface area (Å²) < 4.78 is 5.50. The molecule has 0 spiro atoms. The van der Waals surface area contributed by atoms with Crippen LogP contribution in [-0.2, 0) is 6.42 Å². The molecule has 2 aromatic rings. The second-order valence-electron chi connectivity index (χ2n) is 4.33. The summed E-state index contributed by atoms with van der Waals surface area (Å²) in [5.74, 6) is 0.418. The molecule has 3 N–H and O–H groups in total. The number of amides is 1. The lowest BCUT2D eigenvalue weighted by atomic mass is 10.2. The molecule has 21 heavy (non-hydrogen) atoms. The van der Waals surface area contributed by atoms with Gasteiger partial charge in [0.05, 0.1) is 10.6 Å². The van der Waals surface area contributed by atoms with Crippen molar-refractivity contribution in [1.82, 2.24) is 0 Å². The van der Waals surface area contributed by atoms with E-state index in [0.717, 1.165) is 16.9 Å². The van der Waals surface area contributed by atoms with Gasteiger partial charge in [-0.05, 0) is 35.6 Å².